The Bertz CT molecular complexity index is 650. The number of nitrogens with zero attached hydrogens (tertiary/aromatic N) is 2. The second kappa shape index (κ2) is 5.63. The Morgan fingerprint density at radius 3 is 2.53 bits per heavy atom. The van der Waals surface area contributed by atoms with Gasteiger partial charge < -0.3 is 0 Å². The second-order valence-electron chi connectivity index (χ2n) is 4.09. The number of sulfonamides is 1. The monoisotopic (exact) mass is 299 g/mol. The Labute approximate surface area is 117 Å². The molecule has 7 heteroatoms. The average Bonchev–Trinajstić information content (AvgIpc) is 2.79. The van der Waals surface area contributed by atoms with Gasteiger partial charge in [0, 0.05) is 24.8 Å². The molecule has 1 aromatic carbocycles. The molecule has 19 heavy (non-hydrogen) atoms. The SMILES string of the molecule is Cn1cc(S(=O)(=O)Nc2ccc(CCCl)cc2)cn1. The van der Waals surface area contributed by atoms with E-state index in [0.29, 0.717) is 11.6 Å². The van der Waals surface area contributed by atoms with Crippen LogP contribution in [0.15, 0.2) is 41.6 Å². The summed E-state index contributed by atoms with van der Waals surface area (Å²) in [5, 5.41) is 3.85. The molecule has 0 bridgehead atoms. The van der Waals surface area contributed by atoms with E-state index in [1.54, 1.807) is 19.2 Å². The third-order valence-electron chi connectivity index (χ3n) is 2.58. The van der Waals surface area contributed by atoms with Gasteiger partial charge in [0.1, 0.15) is 4.90 Å². The van der Waals surface area contributed by atoms with E-state index in [4.69, 9.17) is 11.6 Å². The van der Waals surface area contributed by atoms with Crippen LogP contribution in [0.25, 0.3) is 0 Å². The molecule has 0 amide bonds. The van der Waals surface area contributed by atoms with Gasteiger partial charge in [-0.05, 0) is 24.1 Å². The third-order valence-corrected chi connectivity index (χ3v) is 4.11. The topological polar surface area (TPSA) is 64.0 Å². The smallest absolute Gasteiger partial charge is 0.265 e. The summed E-state index contributed by atoms with van der Waals surface area (Å²) in [4.78, 5) is 0.139. The fourth-order valence-corrected chi connectivity index (χ4v) is 2.86. The van der Waals surface area contributed by atoms with E-state index in [-0.39, 0.29) is 4.90 Å². The van der Waals surface area contributed by atoms with Gasteiger partial charge in [-0.1, -0.05) is 12.1 Å². The maximum Gasteiger partial charge on any atom is 0.265 e. The molecule has 0 spiro atoms. The number of hydrogen-bond donors (Lipinski definition) is 1. The first-order valence-electron chi connectivity index (χ1n) is 5.67. The Morgan fingerprint density at radius 2 is 2.00 bits per heavy atom. The van der Waals surface area contributed by atoms with Gasteiger partial charge in [0.15, 0.2) is 0 Å². The van der Waals surface area contributed by atoms with Crippen LogP contribution in [0, 0.1) is 0 Å². The van der Waals surface area contributed by atoms with E-state index in [1.165, 1.54) is 17.1 Å². The minimum atomic E-state index is -3.58. The Hall–Kier alpha value is -1.53. The van der Waals surface area contributed by atoms with E-state index in [1.807, 2.05) is 12.1 Å². The zero-order valence-corrected chi connectivity index (χ0v) is 11.9. The summed E-state index contributed by atoms with van der Waals surface area (Å²) in [5.74, 6) is 0.542. The molecule has 0 fully saturated rings. The van der Waals surface area contributed by atoms with Crippen molar-refractivity contribution >= 4 is 27.3 Å². The van der Waals surface area contributed by atoms with Crippen molar-refractivity contribution in [1.29, 1.82) is 0 Å². The highest BCUT2D eigenvalue weighted by atomic mass is 35.5. The minimum absolute atomic E-state index is 0.139. The summed E-state index contributed by atoms with van der Waals surface area (Å²) in [6.45, 7) is 0. The standard InChI is InChI=1S/C12H14ClN3O2S/c1-16-9-12(8-14-16)19(17,18)15-11-4-2-10(3-5-11)6-7-13/h2-5,8-9,15H,6-7H2,1H3. The van der Waals surface area contributed by atoms with Crippen molar-refractivity contribution in [1.82, 2.24) is 9.78 Å². The van der Waals surface area contributed by atoms with Crippen LogP contribution in [0.1, 0.15) is 5.56 Å². The van der Waals surface area contributed by atoms with E-state index >= 15 is 0 Å². The van der Waals surface area contributed by atoms with E-state index in [0.717, 1.165) is 12.0 Å². The third kappa shape index (κ3) is 3.48. The van der Waals surface area contributed by atoms with Crippen molar-refractivity contribution in [3.8, 4) is 0 Å². The normalized spacial score (nSPS) is 11.5. The number of alkyl halides is 1. The number of hydrogen-bond acceptors (Lipinski definition) is 3. The first-order chi connectivity index (χ1) is 9.01. The lowest BCUT2D eigenvalue weighted by atomic mass is 10.2. The number of aryl methyl sites for hydroxylation is 2. The van der Waals surface area contributed by atoms with Gasteiger partial charge in [0.2, 0.25) is 0 Å². The summed E-state index contributed by atoms with van der Waals surface area (Å²) in [6.07, 6.45) is 3.52. The lowest BCUT2D eigenvalue weighted by Gasteiger charge is -2.06. The molecule has 0 saturated heterocycles. The molecule has 2 aromatic rings. The predicted molar refractivity (Wildman–Crippen MR) is 74.9 cm³/mol. The molecule has 102 valence electrons. The van der Waals surface area contributed by atoms with Crippen LogP contribution >= 0.6 is 11.6 Å². The van der Waals surface area contributed by atoms with Gasteiger partial charge in [0.05, 0.1) is 6.20 Å². The second-order valence-corrected chi connectivity index (χ2v) is 6.15. The van der Waals surface area contributed by atoms with Crippen molar-refractivity contribution in [2.45, 2.75) is 11.3 Å². The van der Waals surface area contributed by atoms with Crippen molar-refractivity contribution < 1.29 is 8.42 Å². The molecule has 0 aliphatic carbocycles. The molecule has 5 nitrogen and oxygen atoms in total. The Balaban J connectivity index is 2.16. The highest BCUT2D eigenvalue weighted by molar-refractivity contribution is 7.92. The van der Waals surface area contributed by atoms with Crippen LogP contribution in [-0.4, -0.2) is 24.1 Å². The number of halogens is 1. The van der Waals surface area contributed by atoms with Crippen molar-refractivity contribution in [3.05, 3.63) is 42.2 Å². The molecule has 1 heterocycles. The van der Waals surface area contributed by atoms with Crippen molar-refractivity contribution in [3.63, 3.8) is 0 Å². The molecule has 0 atom stereocenters. The van der Waals surface area contributed by atoms with Gasteiger partial charge in [-0.15, -0.1) is 11.6 Å². The van der Waals surface area contributed by atoms with Crippen LogP contribution in [0.3, 0.4) is 0 Å². The number of rotatable bonds is 5. The molecule has 0 aliphatic rings. The maximum absolute atomic E-state index is 12.0. The maximum atomic E-state index is 12.0. The van der Waals surface area contributed by atoms with Gasteiger partial charge in [-0.3, -0.25) is 9.40 Å². The highest BCUT2D eigenvalue weighted by Gasteiger charge is 2.15. The van der Waals surface area contributed by atoms with Gasteiger partial charge in [0.25, 0.3) is 10.0 Å². The molecule has 0 unspecified atom stereocenters. The summed E-state index contributed by atoms with van der Waals surface area (Å²) < 4.78 is 28.0. The summed E-state index contributed by atoms with van der Waals surface area (Å²) in [5.41, 5.74) is 1.58. The molecule has 0 saturated carbocycles. The molecule has 0 radical (unpaired) electrons. The predicted octanol–water partition coefficient (Wildman–Crippen LogP) is 2.00. The molecule has 0 aliphatic heterocycles. The fourth-order valence-electron chi connectivity index (χ4n) is 1.60. The molecular weight excluding hydrogens is 286 g/mol. The number of aromatic nitrogens is 2. The zero-order valence-electron chi connectivity index (χ0n) is 10.4. The molecule has 1 aromatic heterocycles. The van der Waals surface area contributed by atoms with Crippen LogP contribution in [0.5, 0.6) is 0 Å². The lowest BCUT2D eigenvalue weighted by molar-refractivity contribution is 0.601. The molecule has 1 N–H and O–H groups in total. The Morgan fingerprint density at radius 1 is 1.32 bits per heavy atom. The van der Waals surface area contributed by atoms with Crippen molar-refractivity contribution in [2.75, 3.05) is 10.6 Å². The first kappa shape index (κ1) is 13.9. The minimum Gasteiger partial charge on any atom is -0.280 e. The Kier molecular flexibility index (Phi) is 4.11. The van der Waals surface area contributed by atoms with Gasteiger partial charge in [-0.2, -0.15) is 5.10 Å². The summed E-state index contributed by atoms with van der Waals surface area (Å²) >= 11 is 5.64. The van der Waals surface area contributed by atoms with E-state index in [2.05, 4.69) is 9.82 Å². The first-order valence-corrected chi connectivity index (χ1v) is 7.69. The molecular formula is C12H14ClN3O2S. The number of anilines is 1. The zero-order chi connectivity index (χ0) is 13.9. The van der Waals surface area contributed by atoms with Gasteiger partial charge >= 0.3 is 0 Å². The summed E-state index contributed by atoms with van der Waals surface area (Å²) in [7, 11) is -1.91. The van der Waals surface area contributed by atoms with E-state index < -0.39 is 10.0 Å². The quantitative estimate of drug-likeness (QED) is 0.859. The van der Waals surface area contributed by atoms with Crippen molar-refractivity contribution in [2.24, 2.45) is 7.05 Å². The van der Waals surface area contributed by atoms with Crippen LogP contribution < -0.4 is 4.72 Å². The van der Waals surface area contributed by atoms with Crippen LogP contribution in [0.4, 0.5) is 5.69 Å². The van der Waals surface area contributed by atoms with Crippen LogP contribution in [0.2, 0.25) is 0 Å². The van der Waals surface area contributed by atoms with Gasteiger partial charge in [-0.25, -0.2) is 8.42 Å². The highest BCUT2D eigenvalue weighted by Crippen LogP contribution is 2.16. The lowest BCUT2D eigenvalue weighted by Crippen LogP contribution is -2.12. The van der Waals surface area contributed by atoms with E-state index in [9.17, 15) is 8.42 Å². The number of nitrogens with one attached hydrogen (secondary N) is 1. The fraction of sp³-hybridized carbons (Fsp3) is 0.250. The van der Waals surface area contributed by atoms with Crippen LogP contribution in [-0.2, 0) is 23.5 Å². The number of benzene rings is 1. The largest absolute Gasteiger partial charge is 0.280 e. The molecule has 2 rings (SSSR count). The average molecular weight is 300 g/mol. The summed E-state index contributed by atoms with van der Waals surface area (Å²) in [6, 6.07) is 7.14.